The van der Waals surface area contributed by atoms with Crippen LogP contribution < -0.4 is 9.47 Å². The molecule has 0 aromatic heterocycles. The molecule has 3 aromatic carbocycles. The molecule has 3 aromatic rings. The SMILES string of the molecule is COc1ccc2c(c1)C(O)CC1(CCN(CC[C@H](CN(C)C(=O)c3ccccc3)c3ccc(Cl)c(Cl)c3)CC1)O2. The van der Waals surface area contributed by atoms with Crippen molar-refractivity contribution in [3.8, 4) is 11.5 Å². The number of methoxy groups -OCH3 is 1. The van der Waals surface area contributed by atoms with Crippen molar-refractivity contribution in [1.29, 1.82) is 0 Å². The van der Waals surface area contributed by atoms with Gasteiger partial charge in [-0.2, -0.15) is 0 Å². The summed E-state index contributed by atoms with van der Waals surface area (Å²) in [5.74, 6) is 1.56. The van der Waals surface area contributed by atoms with Gasteiger partial charge < -0.3 is 24.4 Å². The number of piperidine rings is 1. The Hall–Kier alpha value is -2.77. The molecule has 1 N–H and O–H groups in total. The van der Waals surface area contributed by atoms with Gasteiger partial charge in [0.1, 0.15) is 17.1 Å². The third kappa shape index (κ3) is 6.41. The van der Waals surface area contributed by atoms with Crippen LogP contribution in [0.3, 0.4) is 0 Å². The summed E-state index contributed by atoms with van der Waals surface area (Å²) in [6.07, 6.45) is 2.57. The van der Waals surface area contributed by atoms with E-state index in [9.17, 15) is 9.90 Å². The normalized spacial score (nSPS) is 19.0. The number of fused-ring (bicyclic) bond motifs is 1. The standard InChI is InChI=1S/C32H36Cl2N2O4/c1-35(31(38)22-6-4-3-5-7-22)21-24(23-8-10-27(33)28(34)18-23)12-15-36-16-13-32(14-17-36)20-29(37)26-19-25(39-2)9-11-30(26)40-32/h3-11,18-19,24,29,37H,12-17,20-21H2,1-2H3/t24-,29?/m1/s1. The zero-order valence-electron chi connectivity index (χ0n) is 23.0. The van der Waals surface area contributed by atoms with Crippen LogP contribution >= 0.6 is 23.2 Å². The number of amides is 1. The summed E-state index contributed by atoms with van der Waals surface area (Å²) < 4.78 is 11.8. The number of carbonyl (C=O) groups is 1. The molecular weight excluding hydrogens is 547 g/mol. The van der Waals surface area contributed by atoms with Crippen molar-refractivity contribution < 1.29 is 19.4 Å². The van der Waals surface area contributed by atoms with Gasteiger partial charge >= 0.3 is 0 Å². The van der Waals surface area contributed by atoms with Gasteiger partial charge in [-0.25, -0.2) is 0 Å². The van der Waals surface area contributed by atoms with Crippen LogP contribution in [0.5, 0.6) is 11.5 Å². The number of rotatable bonds is 8. The lowest BCUT2D eigenvalue weighted by atomic mass is 9.81. The Labute approximate surface area is 246 Å². The highest BCUT2D eigenvalue weighted by Gasteiger charge is 2.43. The molecular formula is C32H36Cl2N2O4. The van der Waals surface area contributed by atoms with Crippen LogP contribution in [0.1, 0.15) is 59.2 Å². The number of likely N-dealkylation sites (N-methyl/N-ethyl adjacent to an activating group) is 1. The van der Waals surface area contributed by atoms with E-state index in [0.29, 0.717) is 28.6 Å². The number of aliphatic hydroxyl groups excluding tert-OH is 1. The van der Waals surface area contributed by atoms with Crippen LogP contribution in [-0.2, 0) is 0 Å². The monoisotopic (exact) mass is 582 g/mol. The molecule has 0 saturated carbocycles. The molecule has 212 valence electrons. The Kier molecular flexibility index (Phi) is 8.91. The molecule has 1 unspecified atom stereocenters. The number of aliphatic hydroxyl groups is 1. The van der Waals surface area contributed by atoms with Crippen molar-refractivity contribution in [3.63, 3.8) is 0 Å². The van der Waals surface area contributed by atoms with E-state index in [0.717, 1.165) is 61.5 Å². The molecule has 40 heavy (non-hydrogen) atoms. The summed E-state index contributed by atoms with van der Waals surface area (Å²) in [7, 11) is 3.48. The second-order valence-corrected chi connectivity index (χ2v) is 11.8. The number of hydrogen-bond acceptors (Lipinski definition) is 5. The first kappa shape index (κ1) is 28.7. The number of halogens is 2. The Balaban J connectivity index is 1.23. The molecule has 0 radical (unpaired) electrons. The minimum Gasteiger partial charge on any atom is -0.497 e. The second-order valence-electron chi connectivity index (χ2n) is 11.0. The summed E-state index contributed by atoms with van der Waals surface area (Å²) in [6, 6.07) is 20.8. The van der Waals surface area contributed by atoms with E-state index in [4.69, 9.17) is 32.7 Å². The number of benzene rings is 3. The molecule has 5 rings (SSSR count). The van der Waals surface area contributed by atoms with Gasteiger partial charge in [-0.15, -0.1) is 0 Å². The molecule has 8 heteroatoms. The smallest absolute Gasteiger partial charge is 0.253 e. The van der Waals surface area contributed by atoms with Gasteiger partial charge in [0.05, 0.1) is 23.3 Å². The average molecular weight is 584 g/mol. The number of nitrogens with zero attached hydrogens (tertiary/aromatic N) is 2. The highest BCUT2D eigenvalue weighted by Crippen LogP contribution is 2.45. The predicted molar refractivity (Wildman–Crippen MR) is 159 cm³/mol. The molecule has 0 bridgehead atoms. The van der Waals surface area contributed by atoms with E-state index >= 15 is 0 Å². The molecule has 1 saturated heterocycles. The minimum absolute atomic E-state index is 0.00326. The van der Waals surface area contributed by atoms with Gasteiger partial charge in [0, 0.05) is 50.1 Å². The molecule has 1 fully saturated rings. The first-order chi connectivity index (χ1) is 19.3. The van der Waals surface area contributed by atoms with Crippen molar-refractivity contribution in [1.82, 2.24) is 9.80 Å². The van der Waals surface area contributed by atoms with Crippen LogP contribution in [0.25, 0.3) is 0 Å². The highest BCUT2D eigenvalue weighted by atomic mass is 35.5. The fourth-order valence-electron chi connectivity index (χ4n) is 5.92. The summed E-state index contributed by atoms with van der Waals surface area (Å²) in [5.41, 5.74) is 2.18. The topological polar surface area (TPSA) is 62.2 Å². The van der Waals surface area contributed by atoms with Crippen molar-refractivity contribution >= 4 is 29.1 Å². The van der Waals surface area contributed by atoms with Gasteiger partial charge in [0.25, 0.3) is 5.91 Å². The van der Waals surface area contributed by atoms with Gasteiger partial charge in [0.15, 0.2) is 0 Å². The second kappa shape index (κ2) is 12.4. The molecule has 2 aliphatic heterocycles. The van der Waals surface area contributed by atoms with Crippen LogP contribution in [0, 0.1) is 0 Å². The van der Waals surface area contributed by atoms with Gasteiger partial charge in [-0.05, 0) is 73.8 Å². The van der Waals surface area contributed by atoms with Crippen molar-refractivity contribution in [2.24, 2.45) is 0 Å². The Morgan fingerprint density at radius 2 is 1.85 bits per heavy atom. The maximum absolute atomic E-state index is 13.1. The predicted octanol–water partition coefficient (Wildman–Crippen LogP) is 6.60. The minimum atomic E-state index is -0.567. The van der Waals surface area contributed by atoms with E-state index in [-0.39, 0.29) is 17.4 Å². The van der Waals surface area contributed by atoms with E-state index in [1.807, 2.05) is 73.8 Å². The highest BCUT2D eigenvalue weighted by molar-refractivity contribution is 6.42. The Morgan fingerprint density at radius 1 is 1.10 bits per heavy atom. The van der Waals surface area contributed by atoms with Gasteiger partial charge in [-0.3, -0.25) is 4.79 Å². The third-order valence-electron chi connectivity index (χ3n) is 8.31. The zero-order valence-corrected chi connectivity index (χ0v) is 24.5. The first-order valence-electron chi connectivity index (χ1n) is 13.8. The molecule has 2 atom stereocenters. The number of likely N-dealkylation sites (tertiary alicyclic amines) is 1. The van der Waals surface area contributed by atoms with E-state index in [1.54, 1.807) is 12.0 Å². The van der Waals surface area contributed by atoms with Crippen LogP contribution in [0.15, 0.2) is 66.7 Å². The summed E-state index contributed by atoms with van der Waals surface area (Å²) >= 11 is 12.6. The Morgan fingerprint density at radius 3 is 2.55 bits per heavy atom. The van der Waals surface area contributed by atoms with Gasteiger partial charge in [0.2, 0.25) is 0 Å². The van der Waals surface area contributed by atoms with E-state index in [1.165, 1.54) is 0 Å². The quantitative estimate of drug-likeness (QED) is 0.324. The zero-order chi connectivity index (χ0) is 28.3. The lowest BCUT2D eigenvalue weighted by Gasteiger charge is -2.46. The molecule has 2 heterocycles. The van der Waals surface area contributed by atoms with Crippen LogP contribution in [0.4, 0.5) is 0 Å². The maximum Gasteiger partial charge on any atom is 0.253 e. The summed E-state index contributed by atoms with van der Waals surface area (Å²) in [5, 5.41) is 12.0. The summed E-state index contributed by atoms with van der Waals surface area (Å²) in [6.45, 7) is 3.21. The fourth-order valence-corrected chi connectivity index (χ4v) is 6.22. The molecule has 0 aliphatic carbocycles. The average Bonchev–Trinajstić information content (AvgIpc) is 2.97. The largest absolute Gasteiger partial charge is 0.497 e. The number of carbonyl (C=O) groups excluding carboxylic acids is 1. The van der Waals surface area contributed by atoms with Crippen molar-refractivity contribution in [2.45, 2.75) is 43.3 Å². The van der Waals surface area contributed by atoms with Crippen molar-refractivity contribution in [2.75, 3.05) is 40.3 Å². The van der Waals surface area contributed by atoms with Crippen LogP contribution in [0.2, 0.25) is 10.0 Å². The molecule has 1 spiro atoms. The number of hydrogen-bond donors (Lipinski definition) is 1. The van der Waals surface area contributed by atoms with E-state index in [2.05, 4.69) is 4.90 Å². The lowest BCUT2D eigenvalue weighted by Crippen LogP contribution is -2.50. The molecule has 2 aliphatic rings. The Bertz CT molecular complexity index is 1330. The van der Waals surface area contributed by atoms with Gasteiger partial charge in [-0.1, -0.05) is 47.5 Å². The summed E-state index contributed by atoms with van der Waals surface area (Å²) in [4.78, 5) is 17.3. The van der Waals surface area contributed by atoms with E-state index < -0.39 is 6.10 Å². The maximum atomic E-state index is 13.1. The van der Waals surface area contributed by atoms with Crippen LogP contribution in [-0.4, -0.2) is 66.8 Å². The third-order valence-corrected chi connectivity index (χ3v) is 9.04. The number of ether oxygens (including phenoxy) is 2. The first-order valence-corrected chi connectivity index (χ1v) is 14.6. The lowest BCUT2D eigenvalue weighted by molar-refractivity contribution is -0.0542. The van der Waals surface area contributed by atoms with Crippen molar-refractivity contribution in [3.05, 3.63) is 93.5 Å². The molecule has 6 nitrogen and oxygen atoms in total. The fraction of sp³-hybridized carbons (Fsp3) is 0.406. The molecule has 1 amide bonds.